The Bertz CT molecular complexity index is 1480. The van der Waals surface area contributed by atoms with Gasteiger partial charge in [-0.3, -0.25) is 14.5 Å². The Hall–Kier alpha value is -3.30. The Morgan fingerprint density at radius 1 is 1.04 bits per heavy atom. The van der Waals surface area contributed by atoms with E-state index >= 15 is 0 Å². The number of carbonyl (C=O) groups is 3. The molecule has 3 N–H and O–H groups in total. The molecule has 0 saturated carbocycles. The Kier molecular flexibility index (Phi) is 10.1. The summed E-state index contributed by atoms with van der Waals surface area (Å²) in [4.78, 5) is 52.4. The molecular weight excluding hydrogens is 622 g/mol. The topological polar surface area (TPSA) is 105 Å². The number of nitrogens with one attached hydrogen (secondary N) is 1. The molecule has 0 aliphatic carbocycles. The second kappa shape index (κ2) is 14.2. The zero-order chi connectivity index (χ0) is 32.4. The molecule has 5 heterocycles. The Morgan fingerprint density at radius 3 is 2.43 bits per heavy atom. The van der Waals surface area contributed by atoms with E-state index in [9.17, 15) is 14.4 Å². The number of fused-ring (bicyclic) bond motifs is 1. The average molecular weight is 666 g/mol. The van der Waals surface area contributed by atoms with E-state index in [4.69, 9.17) is 23.8 Å². The molecular formula is C34H44ClN7O3S. The van der Waals surface area contributed by atoms with Gasteiger partial charge < -0.3 is 30.7 Å². The van der Waals surface area contributed by atoms with Gasteiger partial charge in [0.05, 0.1) is 28.9 Å². The molecule has 3 saturated heterocycles. The van der Waals surface area contributed by atoms with Crippen LogP contribution in [0.1, 0.15) is 48.1 Å². The number of nitrogens with two attached hydrogens (primary N) is 1. The number of halogens is 1. The van der Waals surface area contributed by atoms with E-state index in [-0.39, 0.29) is 30.3 Å². The third kappa shape index (κ3) is 7.15. The number of benzene rings is 1. The summed E-state index contributed by atoms with van der Waals surface area (Å²) in [6.07, 6.45) is 9.87. The first-order valence-electron chi connectivity index (χ1n) is 16.4. The molecule has 1 atom stereocenters. The summed E-state index contributed by atoms with van der Waals surface area (Å²) in [6.45, 7) is 6.92. The van der Waals surface area contributed by atoms with Crippen molar-refractivity contribution in [3.05, 3.63) is 44.6 Å². The molecule has 2 aromatic rings. The molecule has 0 bridgehead atoms. The fourth-order valence-corrected chi connectivity index (χ4v) is 8.49. The highest BCUT2D eigenvalue weighted by Gasteiger charge is 2.36. The van der Waals surface area contributed by atoms with Crippen LogP contribution < -0.4 is 11.1 Å². The number of carbonyl (C=O) groups excluding carboxylic acids is 3. The normalized spacial score (nSPS) is 21.1. The molecule has 12 heteroatoms. The van der Waals surface area contributed by atoms with Crippen molar-refractivity contribution in [3.8, 4) is 12.3 Å². The zero-order valence-electron chi connectivity index (χ0n) is 26.5. The van der Waals surface area contributed by atoms with Crippen molar-refractivity contribution in [2.24, 2.45) is 5.92 Å². The number of piperidine rings is 2. The second-order valence-electron chi connectivity index (χ2n) is 13.1. The van der Waals surface area contributed by atoms with Crippen molar-refractivity contribution < 1.29 is 14.4 Å². The highest BCUT2D eigenvalue weighted by atomic mass is 35.5. The van der Waals surface area contributed by atoms with Gasteiger partial charge in [0.1, 0.15) is 0 Å². The first kappa shape index (κ1) is 32.6. The molecule has 1 aromatic heterocycles. The summed E-state index contributed by atoms with van der Waals surface area (Å²) in [7, 11) is 2.17. The molecule has 4 amide bonds. The third-order valence-electron chi connectivity index (χ3n) is 10.2. The van der Waals surface area contributed by atoms with Gasteiger partial charge in [0.25, 0.3) is 0 Å². The maximum absolute atomic E-state index is 14.1. The standard InChI is InChI=1S/C34H44ClN7O3S/c1-3-24-18-23(20-28(35)32(24)36)19-25(33(44)41-15-13-39(14-16-41)26-4-9-38(2)10-5-26)21-31(43)40-11-6-27(7-12-40)42-22-30-29(8-17-46-30)37-34(42)45/h1,8,17-18,20,25-27H,4-7,9-16,19,21-22,36H2,2H3,(H,37,45)/t25-/m0/s1. The molecule has 0 unspecified atom stereocenters. The summed E-state index contributed by atoms with van der Waals surface area (Å²) in [5.74, 6) is 2.01. The van der Waals surface area contributed by atoms with Crippen LogP contribution in [0.5, 0.6) is 0 Å². The van der Waals surface area contributed by atoms with Gasteiger partial charge in [0.2, 0.25) is 11.8 Å². The minimum atomic E-state index is -0.546. The van der Waals surface area contributed by atoms with Crippen molar-refractivity contribution in [2.45, 2.75) is 57.2 Å². The van der Waals surface area contributed by atoms with E-state index in [1.807, 2.05) is 26.1 Å². The van der Waals surface area contributed by atoms with Crippen molar-refractivity contribution in [2.75, 3.05) is 70.5 Å². The predicted molar refractivity (Wildman–Crippen MR) is 183 cm³/mol. The zero-order valence-corrected chi connectivity index (χ0v) is 28.1. The van der Waals surface area contributed by atoms with Crippen LogP contribution in [0.4, 0.5) is 16.2 Å². The van der Waals surface area contributed by atoms with E-state index in [1.54, 1.807) is 23.5 Å². The number of likely N-dealkylation sites (tertiary alicyclic amines) is 2. The number of amides is 4. The Labute approximate surface area is 280 Å². The molecule has 4 aliphatic rings. The molecule has 246 valence electrons. The fourth-order valence-electron chi connectivity index (χ4n) is 7.42. The van der Waals surface area contributed by atoms with Gasteiger partial charge in [0, 0.05) is 68.2 Å². The number of hydrogen-bond acceptors (Lipinski definition) is 7. The number of urea groups is 1. The smallest absolute Gasteiger partial charge is 0.322 e. The average Bonchev–Trinajstić information content (AvgIpc) is 3.53. The Morgan fingerprint density at radius 2 is 1.74 bits per heavy atom. The van der Waals surface area contributed by atoms with Gasteiger partial charge in [-0.15, -0.1) is 17.8 Å². The lowest BCUT2D eigenvalue weighted by atomic mass is 9.92. The summed E-state index contributed by atoms with van der Waals surface area (Å²) in [5.41, 5.74) is 8.61. The summed E-state index contributed by atoms with van der Waals surface area (Å²) >= 11 is 8.06. The van der Waals surface area contributed by atoms with Crippen LogP contribution in [0, 0.1) is 18.3 Å². The number of rotatable bonds is 7. The van der Waals surface area contributed by atoms with Crippen LogP contribution in [0.25, 0.3) is 0 Å². The monoisotopic (exact) mass is 665 g/mol. The first-order valence-corrected chi connectivity index (χ1v) is 17.6. The maximum Gasteiger partial charge on any atom is 0.322 e. The van der Waals surface area contributed by atoms with Gasteiger partial charge >= 0.3 is 6.03 Å². The van der Waals surface area contributed by atoms with Crippen molar-refractivity contribution in [1.82, 2.24) is 24.5 Å². The number of nitrogens with zero attached hydrogens (tertiary/aromatic N) is 5. The van der Waals surface area contributed by atoms with Gasteiger partial charge in [-0.25, -0.2) is 4.79 Å². The summed E-state index contributed by atoms with van der Waals surface area (Å²) in [5, 5.41) is 5.34. The number of nitrogen functional groups attached to an aromatic ring is 1. The minimum Gasteiger partial charge on any atom is -0.397 e. The number of anilines is 2. The van der Waals surface area contributed by atoms with E-state index < -0.39 is 5.92 Å². The third-order valence-corrected chi connectivity index (χ3v) is 11.5. The van der Waals surface area contributed by atoms with E-state index in [1.165, 1.54) is 0 Å². The molecule has 0 spiro atoms. The lowest BCUT2D eigenvalue weighted by Gasteiger charge is -2.43. The van der Waals surface area contributed by atoms with Crippen LogP contribution in [-0.4, -0.2) is 114 Å². The minimum absolute atomic E-state index is 0.00166. The van der Waals surface area contributed by atoms with Crippen molar-refractivity contribution >= 4 is 52.2 Å². The number of piperazine rings is 1. The lowest BCUT2D eigenvalue weighted by molar-refractivity contribution is -0.143. The summed E-state index contributed by atoms with van der Waals surface area (Å²) < 4.78 is 0. The number of hydrogen-bond donors (Lipinski definition) is 2. The molecule has 1 aromatic carbocycles. The molecule has 4 aliphatic heterocycles. The van der Waals surface area contributed by atoms with E-state index in [0.29, 0.717) is 74.3 Å². The van der Waals surface area contributed by atoms with E-state index in [0.717, 1.165) is 55.1 Å². The number of thiophene rings is 1. The van der Waals surface area contributed by atoms with Crippen molar-refractivity contribution in [3.63, 3.8) is 0 Å². The SMILES string of the molecule is C#Cc1cc(C[C@@H](CC(=O)N2CCC(N3Cc4sccc4NC3=O)CC2)C(=O)N2CCN(C3CCN(C)CC3)CC2)cc(Cl)c1N. The van der Waals surface area contributed by atoms with Crippen LogP contribution in [0.3, 0.4) is 0 Å². The molecule has 3 fully saturated rings. The largest absolute Gasteiger partial charge is 0.397 e. The number of terminal acetylenes is 1. The van der Waals surface area contributed by atoms with Crippen LogP contribution in [0.2, 0.25) is 5.02 Å². The van der Waals surface area contributed by atoms with Gasteiger partial charge in [-0.2, -0.15) is 0 Å². The predicted octanol–water partition coefficient (Wildman–Crippen LogP) is 3.79. The molecule has 10 nitrogen and oxygen atoms in total. The van der Waals surface area contributed by atoms with E-state index in [2.05, 4.69) is 28.1 Å². The molecule has 0 radical (unpaired) electrons. The first-order chi connectivity index (χ1) is 22.2. The quantitative estimate of drug-likeness (QED) is 0.345. The van der Waals surface area contributed by atoms with Crippen LogP contribution >= 0.6 is 22.9 Å². The fraction of sp³-hybridized carbons (Fsp3) is 0.559. The van der Waals surface area contributed by atoms with Gasteiger partial charge in [-0.1, -0.05) is 17.5 Å². The lowest BCUT2D eigenvalue weighted by Crippen LogP contribution is -2.55. The van der Waals surface area contributed by atoms with Crippen molar-refractivity contribution in [1.29, 1.82) is 0 Å². The second-order valence-corrected chi connectivity index (χ2v) is 14.5. The van der Waals surface area contributed by atoms with Gasteiger partial charge in [0.15, 0.2) is 0 Å². The Balaban J connectivity index is 1.10. The molecule has 6 rings (SSSR count). The van der Waals surface area contributed by atoms with Crippen LogP contribution in [-0.2, 0) is 22.6 Å². The highest BCUT2D eigenvalue weighted by molar-refractivity contribution is 7.10. The highest BCUT2D eigenvalue weighted by Crippen LogP contribution is 2.32. The van der Waals surface area contributed by atoms with Crippen LogP contribution in [0.15, 0.2) is 23.6 Å². The maximum atomic E-state index is 14.1. The summed E-state index contributed by atoms with van der Waals surface area (Å²) in [6, 6.07) is 6.06. The van der Waals surface area contributed by atoms with Gasteiger partial charge in [-0.05, 0) is 81.4 Å². The molecule has 46 heavy (non-hydrogen) atoms.